The van der Waals surface area contributed by atoms with E-state index in [0.29, 0.717) is 17.6 Å². The van der Waals surface area contributed by atoms with Crippen LogP contribution in [0.4, 0.5) is 5.69 Å². The van der Waals surface area contributed by atoms with Crippen molar-refractivity contribution in [2.24, 2.45) is 0 Å². The largest absolute Gasteiger partial charge is 0.467 e. The quantitative estimate of drug-likeness (QED) is 0.724. The highest BCUT2D eigenvalue weighted by atomic mass is 16.4. The monoisotopic (exact) mass is 230 g/mol. The first kappa shape index (κ1) is 9.77. The van der Waals surface area contributed by atoms with Crippen LogP contribution in [-0.4, -0.2) is 4.98 Å². The van der Waals surface area contributed by atoms with Crippen LogP contribution in [-0.2, 0) is 6.54 Å². The van der Waals surface area contributed by atoms with Crippen molar-refractivity contribution in [1.29, 1.82) is 0 Å². The maximum Gasteiger partial charge on any atom is 0.417 e. The van der Waals surface area contributed by atoms with Crippen LogP contribution in [0.15, 0.2) is 50.2 Å². The molecule has 0 saturated heterocycles. The molecule has 0 radical (unpaired) electrons. The number of anilines is 1. The van der Waals surface area contributed by atoms with Gasteiger partial charge < -0.3 is 14.2 Å². The van der Waals surface area contributed by atoms with E-state index in [0.717, 1.165) is 11.4 Å². The maximum atomic E-state index is 11.0. The van der Waals surface area contributed by atoms with E-state index in [2.05, 4.69) is 10.3 Å². The SMILES string of the molecule is O=c1[nH]c2ccc(NCc3ccco3)cc2o1. The van der Waals surface area contributed by atoms with E-state index in [1.807, 2.05) is 18.2 Å². The van der Waals surface area contributed by atoms with Crippen molar-refractivity contribution in [3.8, 4) is 0 Å². The van der Waals surface area contributed by atoms with Gasteiger partial charge in [-0.2, -0.15) is 0 Å². The average Bonchev–Trinajstić information content (AvgIpc) is 2.92. The van der Waals surface area contributed by atoms with Crippen LogP contribution < -0.4 is 11.1 Å². The van der Waals surface area contributed by atoms with Crippen LogP contribution >= 0.6 is 0 Å². The molecule has 0 amide bonds. The second-order valence-electron chi connectivity index (χ2n) is 3.66. The summed E-state index contributed by atoms with van der Waals surface area (Å²) in [6.07, 6.45) is 1.63. The molecule has 0 saturated carbocycles. The summed E-state index contributed by atoms with van der Waals surface area (Å²) >= 11 is 0. The number of H-pyrrole nitrogens is 1. The van der Waals surface area contributed by atoms with Gasteiger partial charge in [-0.25, -0.2) is 4.79 Å². The summed E-state index contributed by atoms with van der Waals surface area (Å²) in [5.74, 6) is 0.406. The van der Waals surface area contributed by atoms with Crippen molar-refractivity contribution in [3.05, 3.63) is 52.9 Å². The van der Waals surface area contributed by atoms with E-state index in [1.165, 1.54) is 0 Å². The molecule has 17 heavy (non-hydrogen) atoms. The first-order chi connectivity index (χ1) is 8.31. The number of benzene rings is 1. The lowest BCUT2D eigenvalue weighted by molar-refractivity contribution is 0.518. The minimum atomic E-state index is -0.441. The standard InChI is InChI=1S/C12H10N2O3/c15-12-14-10-4-3-8(6-11(10)17-12)13-7-9-2-1-5-16-9/h1-6,13H,7H2,(H,14,15). The number of hydrogen-bond donors (Lipinski definition) is 2. The van der Waals surface area contributed by atoms with E-state index in [1.54, 1.807) is 18.4 Å². The zero-order valence-electron chi connectivity index (χ0n) is 8.90. The predicted octanol–water partition coefficient (Wildman–Crippen LogP) is 2.33. The van der Waals surface area contributed by atoms with Crippen molar-refractivity contribution in [2.45, 2.75) is 6.54 Å². The van der Waals surface area contributed by atoms with Crippen molar-refractivity contribution < 1.29 is 8.83 Å². The normalized spacial score (nSPS) is 10.8. The van der Waals surface area contributed by atoms with Gasteiger partial charge >= 0.3 is 5.76 Å². The molecule has 2 aromatic heterocycles. The molecule has 5 heteroatoms. The third-order valence-corrected chi connectivity index (χ3v) is 2.47. The zero-order valence-corrected chi connectivity index (χ0v) is 8.90. The second-order valence-corrected chi connectivity index (χ2v) is 3.66. The minimum absolute atomic E-state index is 0.441. The number of aromatic amines is 1. The lowest BCUT2D eigenvalue weighted by atomic mass is 10.3. The fourth-order valence-electron chi connectivity index (χ4n) is 1.66. The second kappa shape index (κ2) is 3.86. The van der Waals surface area contributed by atoms with Crippen molar-refractivity contribution in [2.75, 3.05) is 5.32 Å². The first-order valence-corrected chi connectivity index (χ1v) is 5.20. The third kappa shape index (κ3) is 1.94. The molecule has 1 aromatic carbocycles. The van der Waals surface area contributed by atoms with Crippen molar-refractivity contribution in [3.63, 3.8) is 0 Å². The molecular weight excluding hydrogens is 220 g/mol. The Morgan fingerprint density at radius 2 is 2.24 bits per heavy atom. The highest BCUT2D eigenvalue weighted by Crippen LogP contribution is 2.17. The first-order valence-electron chi connectivity index (χ1n) is 5.20. The average molecular weight is 230 g/mol. The van der Waals surface area contributed by atoms with E-state index < -0.39 is 5.76 Å². The van der Waals surface area contributed by atoms with Gasteiger partial charge in [-0.05, 0) is 24.3 Å². The Hall–Kier alpha value is -2.43. The zero-order chi connectivity index (χ0) is 11.7. The van der Waals surface area contributed by atoms with Crippen LogP contribution in [0.25, 0.3) is 11.1 Å². The molecule has 5 nitrogen and oxygen atoms in total. The molecular formula is C12H10N2O3. The number of aromatic nitrogens is 1. The number of furan rings is 1. The van der Waals surface area contributed by atoms with E-state index >= 15 is 0 Å². The molecule has 3 rings (SSSR count). The lowest BCUT2D eigenvalue weighted by Gasteiger charge is -2.03. The van der Waals surface area contributed by atoms with Crippen LogP contribution in [0.3, 0.4) is 0 Å². The minimum Gasteiger partial charge on any atom is -0.467 e. The number of hydrogen-bond acceptors (Lipinski definition) is 4. The molecule has 0 atom stereocenters. The predicted molar refractivity (Wildman–Crippen MR) is 62.9 cm³/mol. The van der Waals surface area contributed by atoms with E-state index in [9.17, 15) is 4.79 Å². The van der Waals surface area contributed by atoms with Gasteiger partial charge in [0, 0.05) is 11.8 Å². The molecule has 0 aliphatic carbocycles. The van der Waals surface area contributed by atoms with Gasteiger partial charge in [-0.3, -0.25) is 4.98 Å². The van der Waals surface area contributed by atoms with Crippen LogP contribution in [0, 0.1) is 0 Å². The van der Waals surface area contributed by atoms with Crippen molar-refractivity contribution in [1.82, 2.24) is 4.98 Å². The van der Waals surface area contributed by atoms with Crippen molar-refractivity contribution >= 4 is 16.8 Å². The summed E-state index contributed by atoms with van der Waals surface area (Å²) in [4.78, 5) is 13.6. The van der Waals surface area contributed by atoms with Crippen LogP contribution in [0.1, 0.15) is 5.76 Å². The van der Waals surface area contributed by atoms with Gasteiger partial charge in [0.25, 0.3) is 0 Å². The molecule has 86 valence electrons. The Morgan fingerprint density at radius 1 is 1.29 bits per heavy atom. The Kier molecular flexibility index (Phi) is 2.22. The molecule has 0 bridgehead atoms. The maximum absolute atomic E-state index is 11.0. The number of nitrogens with one attached hydrogen (secondary N) is 2. The van der Waals surface area contributed by atoms with Gasteiger partial charge in [0.15, 0.2) is 5.58 Å². The number of oxazole rings is 1. The molecule has 0 unspecified atom stereocenters. The van der Waals surface area contributed by atoms with Crippen LogP contribution in [0.5, 0.6) is 0 Å². The highest BCUT2D eigenvalue weighted by molar-refractivity contribution is 5.76. The Balaban J connectivity index is 1.83. The van der Waals surface area contributed by atoms with E-state index in [-0.39, 0.29) is 0 Å². The Bertz CT molecular complexity index is 679. The molecule has 0 aliphatic rings. The van der Waals surface area contributed by atoms with Gasteiger partial charge in [0.1, 0.15) is 5.76 Å². The molecule has 0 aliphatic heterocycles. The molecule has 2 heterocycles. The number of fused-ring (bicyclic) bond motifs is 1. The molecule has 3 aromatic rings. The van der Waals surface area contributed by atoms with Crippen LogP contribution in [0.2, 0.25) is 0 Å². The summed E-state index contributed by atoms with van der Waals surface area (Å²) in [6.45, 7) is 0.590. The summed E-state index contributed by atoms with van der Waals surface area (Å²) < 4.78 is 10.2. The third-order valence-electron chi connectivity index (χ3n) is 2.47. The Morgan fingerprint density at radius 3 is 3.06 bits per heavy atom. The van der Waals surface area contributed by atoms with Gasteiger partial charge in [-0.1, -0.05) is 0 Å². The fraction of sp³-hybridized carbons (Fsp3) is 0.0833. The smallest absolute Gasteiger partial charge is 0.417 e. The molecule has 0 fully saturated rings. The summed E-state index contributed by atoms with van der Waals surface area (Å²) in [7, 11) is 0. The summed E-state index contributed by atoms with van der Waals surface area (Å²) in [5.41, 5.74) is 2.11. The fourth-order valence-corrected chi connectivity index (χ4v) is 1.66. The molecule has 2 N–H and O–H groups in total. The van der Waals surface area contributed by atoms with Gasteiger partial charge in [0.05, 0.1) is 18.3 Å². The summed E-state index contributed by atoms with van der Waals surface area (Å²) in [6, 6.07) is 9.17. The molecule has 0 spiro atoms. The topological polar surface area (TPSA) is 71.2 Å². The number of rotatable bonds is 3. The Labute approximate surface area is 96.1 Å². The lowest BCUT2D eigenvalue weighted by Crippen LogP contribution is -1.97. The van der Waals surface area contributed by atoms with E-state index in [4.69, 9.17) is 8.83 Å². The highest BCUT2D eigenvalue weighted by Gasteiger charge is 2.02. The van der Waals surface area contributed by atoms with Gasteiger partial charge in [0.2, 0.25) is 0 Å². The summed E-state index contributed by atoms with van der Waals surface area (Å²) in [5, 5.41) is 3.18. The van der Waals surface area contributed by atoms with Gasteiger partial charge in [-0.15, -0.1) is 0 Å².